The zero-order chi connectivity index (χ0) is 21.0. The third-order valence-electron chi connectivity index (χ3n) is 5.30. The second-order valence-electron chi connectivity index (χ2n) is 7.43. The summed E-state index contributed by atoms with van der Waals surface area (Å²) in [7, 11) is 0. The largest absolute Gasteiger partial charge is 0.481 e. The molecule has 1 saturated carbocycles. The van der Waals surface area contributed by atoms with Crippen molar-refractivity contribution in [3.63, 3.8) is 0 Å². The highest BCUT2D eigenvalue weighted by Crippen LogP contribution is 2.34. The molecule has 2 N–H and O–H groups in total. The van der Waals surface area contributed by atoms with Gasteiger partial charge in [-0.1, -0.05) is 17.7 Å². The molecule has 1 aliphatic rings. The van der Waals surface area contributed by atoms with Crippen molar-refractivity contribution >= 4 is 40.9 Å². The van der Waals surface area contributed by atoms with Gasteiger partial charge in [0.15, 0.2) is 0 Å². The molecule has 0 spiro atoms. The van der Waals surface area contributed by atoms with Gasteiger partial charge in [-0.15, -0.1) is 11.8 Å². The van der Waals surface area contributed by atoms with E-state index in [9.17, 15) is 14.0 Å². The van der Waals surface area contributed by atoms with Gasteiger partial charge in [0, 0.05) is 21.9 Å². The van der Waals surface area contributed by atoms with E-state index in [0.717, 1.165) is 41.9 Å². The van der Waals surface area contributed by atoms with E-state index in [2.05, 4.69) is 5.32 Å². The molecule has 2 aromatic rings. The third-order valence-corrected chi connectivity index (χ3v) is 6.98. The van der Waals surface area contributed by atoms with Crippen molar-refractivity contribution in [2.75, 3.05) is 11.1 Å². The van der Waals surface area contributed by atoms with Crippen molar-refractivity contribution < 1.29 is 19.1 Å². The van der Waals surface area contributed by atoms with Gasteiger partial charge in [-0.3, -0.25) is 9.59 Å². The van der Waals surface area contributed by atoms with E-state index in [4.69, 9.17) is 16.7 Å². The Hall–Kier alpha value is -2.05. The normalized spacial score (nSPS) is 19.0. The summed E-state index contributed by atoms with van der Waals surface area (Å²) in [6.07, 6.45) is 3.33. The number of aliphatic carboxylic acids is 1. The van der Waals surface area contributed by atoms with Crippen LogP contribution in [0.25, 0.3) is 0 Å². The lowest BCUT2D eigenvalue weighted by atomic mass is 9.83. The van der Waals surface area contributed by atoms with E-state index in [1.54, 1.807) is 17.8 Å². The molecule has 0 aromatic heterocycles. The fourth-order valence-corrected chi connectivity index (χ4v) is 4.89. The van der Waals surface area contributed by atoms with Gasteiger partial charge in [-0.2, -0.15) is 0 Å². The number of carboxylic acid groups (broad SMARTS) is 1. The molecule has 2 aromatic carbocycles. The summed E-state index contributed by atoms with van der Waals surface area (Å²) in [4.78, 5) is 24.7. The van der Waals surface area contributed by atoms with Crippen LogP contribution in [0.2, 0.25) is 5.02 Å². The number of amides is 1. The Morgan fingerprint density at radius 2 is 1.90 bits per heavy atom. The van der Waals surface area contributed by atoms with E-state index in [0.29, 0.717) is 17.2 Å². The van der Waals surface area contributed by atoms with Gasteiger partial charge in [-0.25, -0.2) is 4.39 Å². The summed E-state index contributed by atoms with van der Waals surface area (Å²) in [5.74, 6) is -0.300. The molecular formula is C22H23ClFNO3S. The van der Waals surface area contributed by atoms with Gasteiger partial charge in [-0.05, 0) is 74.4 Å². The molecule has 4 nitrogen and oxygen atoms in total. The molecular weight excluding hydrogens is 413 g/mol. The lowest BCUT2D eigenvalue weighted by Gasteiger charge is -2.25. The molecule has 0 bridgehead atoms. The zero-order valence-electron chi connectivity index (χ0n) is 16.1. The summed E-state index contributed by atoms with van der Waals surface area (Å²) in [6.45, 7) is 2.01. The average molecular weight is 436 g/mol. The number of aryl methyl sites for hydroxylation is 1. The number of anilines is 1. The van der Waals surface area contributed by atoms with E-state index in [1.807, 2.05) is 19.1 Å². The Morgan fingerprint density at radius 1 is 1.17 bits per heavy atom. The Labute approximate surface area is 178 Å². The number of carbonyl (C=O) groups excluding carboxylic acids is 1. The molecule has 1 amide bonds. The number of carboxylic acids is 1. The predicted molar refractivity (Wildman–Crippen MR) is 114 cm³/mol. The first-order valence-corrected chi connectivity index (χ1v) is 10.9. The summed E-state index contributed by atoms with van der Waals surface area (Å²) in [5.41, 5.74) is 2.05. The summed E-state index contributed by atoms with van der Waals surface area (Å²) in [6, 6.07) is 9.60. The van der Waals surface area contributed by atoms with Crippen molar-refractivity contribution in [2.24, 2.45) is 11.8 Å². The number of carbonyl (C=O) groups is 2. The number of halogens is 2. The SMILES string of the molecule is Cc1ccc(C(=O)Nc2ccc(F)c(Cl)c2)cc1SCC1CCC(C(=O)O)CC1. The summed E-state index contributed by atoms with van der Waals surface area (Å²) in [5, 5.41) is 11.8. The Balaban J connectivity index is 1.61. The van der Waals surface area contributed by atoms with Gasteiger partial charge in [0.05, 0.1) is 10.9 Å². The van der Waals surface area contributed by atoms with E-state index in [-0.39, 0.29) is 16.8 Å². The van der Waals surface area contributed by atoms with Crippen LogP contribution >= 0.6 is 23.4 Å². The highest BCUT2D eigenvalue weighted by Gasteiger charge is 2.26. The Kier molecular flexibility index (Phi) is 7.19. The van der Waals surface area contributed by atoms with Crippen molar-refractivity contribution in [3.8, 4) is 0 Å². The second kappa shape index (κ2) is 9.63. The van der Waals surface area contributed by atoms with E-state index < -0.39 is 11.8 Å². The highest BCUT2D eigenvalue weighted by atomic mass is 35.5. The highest BCUT2D eigenvalue weighted by molar-refractivity contribution is 7.99. The molecule has 29 heavy (non-hydrogen) atoms. The number of nitrogens with one attached hydrogen (secondary N) is 1. The number of rotatable bonds is 6. The van der Waals surface area contributed by atoms with Gasteiger partial charge >= 0.3 is 5.97 Å². The molecule has 154 valence electrons. The standard InChI is InChI=1S/C22H23ClFNO3S/c1-13-2-5-16(21(26)25-17-8-9-19(24)18(23)11-17)10-20(13)29-12-14-3-6-15(7-4-14)22(27)28/h2,5,8-11,14-15H,3-4,6-7,12H2,1H3,(H,25,26)(H,27,28). The van der Waals surface area contributed by atoms with Crippen LogP contribution in [-0.4, -0.2) is 22.7 Å². The Bertz CT molecular complexity index is 913. The van der Waals surface area contributed by atoms with Crippen LogP contribution in [0.5, 0.6) is 0 Å². The lowest BCUT2D eigenvalue weighted by Crippen LogP contribution is -2.22. The monoisotopic (exact) mass is 435 g/mol. The fourth-order valence-electron chi connectivity index (χ4n) is 3.46. The molecule has 7 heteroatoms. The van der Waals surface area contributed by atoms with Gasteiger partial charge in [0.25, 0.3) is 5.91 Å². The first-order chi connectivity index (χ1) is 13.8. The topological polar surface area (TPSA) is 66.4 Å². The minimum absolute atomic E-state index is 0.0411. The fraction of sp³-hybridized carbons (Fsp3) is 0.364. The first kappa shape index (κ1) is 21.7. The summed E-state index contributed by atoms with van der Waals surface area (Å²) < 4.78 is 13.3. The maximum absolute atomic E-state index is 13.3. The number of thioether (sulfide) groups is 1. The molecule has 0 heterocycles. The summed E-state index contributed by atoms with van der Waals surface area (Å²) >= 11 is 7.48. The van der Waals surface area contributed by atoms with Gasteiger partial charge in [0.2, 0.25) is 0 Å². The minimum atomic E-state index is -0.687. The van der Waals surface area contributed by atoms with E-state index in [1.165, 1.54) is 18.2 Å². The molecule has 0 radical (unpaired) electrons. The second-order valence-corrected chi connectivity index (χ2v) is 8.90. The predicted octanol–water partition coefficient (Wildman–Crippen LogP) is 6.02. The number of hydrogen-bond acceptors (Lipinski definition) is 3. The van der Waals surface area contributed by atoms with Gasteiger partial charge < -0.3 is 10.4 Å². The quantitative estimate of drug-likeness (QED) is 0.544. The van der Waals surface area contributed by atoms with Crippen molar-refractivity contribution in [3.05, 3.63) is 58.4 Å². The van der Waals surface area contributed by atoms with Crippen molar-refractivity contribution in [1.29, 1.82) is 0 Å². The van der Waals surface area contributed by atoms with Crippen LogP contribution in [0, 0.1) is 24.6 Å². The molecule has 0 atom stereocenters. The molecule has 0 saturated heterocycles. The maximum atomic E-state index is 13.3. The van der Waals surface area contributed by atoms with Crippen molar-refractivity contribution in [1.82, 2.24) is 0 Å². The Morgan fingerprint density at radius 3 is 2.55 bits per heavy atom. The number of hydrogen-bond donors (Lipinski definition) is 2. The smallest absolute Gasteiger partial charge is 0.306 e. The van der Waals surface area contributed by atoms with Gasteiger partial charge in [0.1, 0.15) is 5.82 Å². The molecule has 0 aliphatic heterocycles. The molecule has 1 fully saturated rings. The average Bonchev–Trinajstić information content (AvgIpc) is 2.70. The van der Waals surface area contributed by atoms with Crippen LogP contribution in [0.1, 0.15) is 41.6 Å². The van der Waals surface area contributed by atoms with Crippen LogP contribution in [-0.2, 0) is 4.79 Å². The van der Waals surface area contributed by atoms with E-state index >= 15 is 0 Å². The molecule has 0 unspecified atom stereocenters. The first-order valence-electron chi connectivity index (χ1n) is 9.56. The van der Waals surface area contributed by atoms with Crippen LogP contribution < -0.4 is 5.32 Å². The van der Waals surface area contributed by atoms with Crippen LogP contribution in [0.3, 0.4) is 0 Å². The molecule has 3 rings (SSSR count). The number of benzene rings is 2. The van der Waals surface area contributed by atoms with Crippen molar-refractivity contribution in [2.45, 2.75) is 37.5 Å². The minimum Gasteiger partial charge on any atom is -0.481 e. The maximum Gasteiger partial charge on any atom is 0.306 e. The molecule has 1 aliphatic carbocycles. The van der Waals surface area contributed by atoms with Crippen LogP contribution in [0.15, 0.2) is 41.3 Å². The lowest BCUT2D eigenvalue weighted by molar-refractivity contribution is -0.143. The van der Waals surface area contributed by atoms with Crippen LogP contribution in [0.4, 0.5) is 10.1 Å². The third kappa shape index (κ3) is 5.73. The zero-order valence-corrected chi connectivity index (χ0v) is 17.7.